The summed E-state index contributed by atoms with van der Waals surface area (Å²) in [6.07, 6.45) is 9.23. The lowest BCUT2D eigenvalue weighted by atomic mass is 9.71. The molecule has 3 unspecified atom stereocenters. The lowest BCUT2D eigenvalue weighted by Gasteiger charge is -2.41. The van der Waals surface area contributed by atoms with Gasteiger partial charge in [-0.25, -0.2) is 4.98 Å². The van der Waals surface area contributed by atoms with Gasteiger partial charge in [0.15, 0.2) is 0 Å². The van der Waals surface area contributed by atoms with Crippen molar-refractivity contribution in [1.29, 1.82) is 0 Å². The minimum atomic E-state index is 0.403. The van der Waals surface area contributed by atoms with E-state index >= 15 is 0 Å². The number of hydrogen-bond acceptors (Lipinski definition) is 4. The maximum Gasteiger partial charge on any atom is 0.115 e. The molecular weight excluding hydrogens is 254 g/mol. The zero-order valence-electron chi connectivity index (χ0n) is 12.4. The van der Waals surface area contributed by atoms with Crippen molar-refractivity contribution in [2.45, 2.75) is 56.4 Å². The fourth-order valence-corrected chi connectivity index (χ4v) is 4.20. The number of thioether (sulfide) groups is 1. The van der Waals surface area contributed by atoms with E-state index in [4.69, 9.17) is 0 Å². The van der Waals surface area contributed by atoms with E-state index in [1.54, 1.807) is 12.4 Å². The summed E-state index contributed by atoms with van der Waals surface area (Å²) >= 11 is 1.88. The van der Waals surface area contributed by atoms with Crippen molar-refractivity contribution in [2.75, 3.05) is 7.05 Å². The predicted molar refractivity (Wildman–Crippen MR) is 81.3 cm³/mol. The third-order valence-electron chi connectivity index (χ3n) is 4.20. The minimum Gasteiger partial charge on any atom is -0.316 e. The molecule has 1 N–H and O–H groups in total. The van der Waals surface area contributed by atoms with Crippen LogP contribution in [0.15, 0.2) is 23.6 Å². The van der Waals surface area contributed by atoms with E-state index in [9.17, 15) is 0 Å². The summed E-state index contributed by atoms with van der Waals surface area (Å²) < 4.78 is 0. The van der Waals surface area contributed by atoms with E-state index in [0.29, 0.717) is 16.7 Å². The Morgan fingerprint density at radius 3 is 2.63 bits per heavy atom. The molecule has 0 amide bonds. The first kappa shape index (κ1) is 14.8. The third kappa shape index (κ3) is 3.93. The Kier molecular flexibility index (Phi) is 4.85. The van der Waals surface area contributed by atoms with Crippen LogP contribution in [0.5, 0.6) is 0 Å². The summed E-state index contributed by atoms with van der Waals surface area (Å²) in [7, 11) is 2.08. The molecule has 0 aliphatic heterocycles. The van der Waals surface area contributed by atoms with Crippen LogP contribution in [-0.2, 0) is 0 Å². The molecule has 1 aromatic rings. The lowest BCUT2D eigenvalue weighted by Crippen LogP contribution is -2.43. The molecule has 1 fully saturated rings. The Balaban J connectivity index is 2.06. The molecule has 0 saturated heterocycles. The summed E-state index contributed by atoms with van der Waals surface area (Å²) in [4.78, 5) is 8.57. The van der Waals surface area contributed by atoms with Gasteiger partial charge in [-0.3, -0.25) is 4.98 Å². The quantitative estimate of drug-likeness (QED) is 0.920. The Bertz CT molecular complexity index is 388. The first-order chi connectivity index (χ1) is 9.00. The van der Waals surface area contributed by atoms with Crippen molar-refractivity contribution in [2.24, 2.45) is 11.3 Å². The number of nitrogens with one attached hydrogen (secondary N) is 1. The zero-order valence-corrected chi connectivity index (χ0v) is 13.2. The lowest BCUT2D eigenvalue weighted by molar-refractivity contribution is 0.167. The van der Waals surface area contributed by atoms with E-state index < -0.39 is 0 Å². The largest absolute Gasteiger partial charge is 0.316 e. The topological polar surface area (TPSA) is 37.8 Å². The van der Waals surface area contributed by atoms with Gasteiger partial charge >= 0.3 is 0 Å². The van der Waals surface area contributed by atoms with Crippen LogP contribution >= 0.6 is 11.8 Å². The molecule has 1 aliphatic carbocycles. The maximum absolute atomic E-state index is 4.40. The van der Waals surface area contributed by atoms with Gasteiger partial charge in [0, 0.05) is 23.7 Å². The standard InChI is InChI=1S/C15H25N3S/c1-15(2,3)11-5-6-12(16-4)13(9-11)19-14-10-17-7-8-18-14/h7-8,10-13,16H,5-6,9H2,1-4H3. The summed E-state index contributed by atoms with van der Waals surface area (Å²) in [5, 5.41) is 5.12. The Labute approximate surface area is 121 Å². The van der Waals surface area contributed by atoms with Gasteiger partial charge in [-0.1, -0.05) is 32.5 Å². The molecule has 0 bridgehead atoms. The van der Waals surface area contributed by atoms with Crippen molar-refractivity contribution in [3.8, 4) is 0 Å². The summed E-state index contributed by atoms with van der Waals surface area (Å²) in [5.41, 5.74) is 0.403. The fraction of sp³-hybridized carbons (Fsp3) is 0.733. The molecule has 0 radical (unpaired) electrons. The Morgan fingerprint density at radius 2 is 2.05 bits per heavy atom. The van der Waals surface area contributed by atoms with Gasteiger partial charge in [0.05, 0.1) is 6.20 Å². The number of hydrogen-bond donors (Lipinski definition) is 1. The van der Waals surface area contributed by atoms with Crippen LogP contribution in [0.25, 0.3) is 0 Å². The van der Waals surface area contributed by atoms with Gasteiger partial charge in [-0.2, -0.15) is 0 Å². The normalized spacial score (nSPS) is 28.3. The SMILES string of the molecule is CNC1CCC(C(C)(C)C)CC1Sc1cnccn1. The highest BCUT2D eigenvalue weighted by atomic mass is 32.2. The van der Waals surface area contributed by atoms with E-state index in [1.807, 2.05) is 18.0 Å². The van der Waals surface area contributed by atoms with Crippen molar-refractivity contribution in [3.05, 3.63) is 18.6 Å². The molecule has 1 aliphatic rings. The fourth-order valence-electron chi connectivity index (χ4n) is 2.88. The molecule has 0 spiro atoms. The highest BCUT2D eigenvalue weighted by molar-refractivity contribution is 7.99. The van der Waals surface area contributed by atoms with Crippen LogP contribution in [0.1, 0.15) is 40.0 Å². The van der Waals surface area contributed by atoms with E-state index in [1.165, 1.54) is 19.3 Å². The number of aromatic nitrogens is 2. The van der Waals surface area contributed by atoms with Gasteiger partial charge in [0.25, 0.3) is 0 Å². The van der Waals surface area contributed by atoms with Crippen molar-refractivity contribution in [1.82, 2.24) is 15.3 Å². The van der Waals surface area contributed by atoms with Crippen LogP contribution < -0.4 is 5.32 Å². The van der Waals surface area contributed by atoms with E-state index in [2.05, 4.69) is 43.1 Å². The molecule has 19 heavy (non-hydrogen) atoms. The maximum atomic E-state index is 4.40. The van der Waals surface area contributed by atoms with Crippen LogP contribution in [0.2, 0.25) is 0 Å². The van der Waals surface area contributed by atoms with E-state index in [0.717, 1.165) is 10.9 Å². The third-order valence-corrected chi connectivity index (χ3v) is 5.47. The molecule has 2 rings (SSSR count). The average Bonchev–Trinajstić information content (AvgIpc) is 2.39. The van der Waals surface area contributed by atoms with Crippen LogP contribution in [-0.4, -0.2) is 28.3 Å². The van der Waals surface area contributed by atoms with Crippen molar-refractivity contribution < 1.29 is 0 Å². The molecule has 106 valence electrons. The summed E-state index contributed by atoms with van der Waals surface area (Å²) in [5.74, 6) is 0.797. The summed E-state index contributed by atoms with van der Waals surface area (Å²) in [6, 6.07) is 0.589. The van der Waals surface area contributed by atoms with Crippen molar-refractivity contribution >= 4 is 11.8 Å². The highest BCUT2D eigenvalue weighted by Crippen LogP contribution is 2.42. The molecule has 1 heterocycles. The second-order valence-corrected chi connectivity index (χ2v) is 7.73. The number of nitrogens with zero attached hydrogens (tertiary/aromatic N) is 2. The van der Waals surface area contributed by atoms with Gasteiger partial charge in [-0.05, 0) is 37.6 Å². The van der Waals surface area contributed by atoms with Gasteiger partial charge in [-0.15, -0.1) is 0 Å². The van der Waals surface area contributed by atoms with E-state index in [-0.39, 0.29) is 0 Å². The molecular formula is C15H25N3S. The van der Waals surface area contributed by atoms with Gasteiger partial charge in [0.2, 0.25) is 0 Å². The Hall–Kier alpha value is -0.610. The van der Waals surface area contributed by atoms with Crippen LogP contribution in [0.4, 0.5) is 0 Å². The molecule has 1 aromatic heterocycles. The minimum absolute atomic E-state index is 0.403. The van der Waals surface area contributed by atoms with Crippen molar-refractivity contribution in [3.63, 3.8) is 0 Å². The van der Waals surface area contributed by atoms with Gasteiger partial charge < -0.3 is 5.32 Å². The monoisotopic (exact) mass is 279 g/mol. The molecule has 0 aromatic carbocycles. The van der Waals surface area contributed by atoms with Crippen LogP contribution in [0.3, 0.4) is 0 Å². The molecule has 4 heteroatoms. The highest BCUT2D eigenvalue weighted by Gasteiger charge is 2.35. The first-order valence-electron chi connectivity index (χ1n) is 7.10. The first-order valence-corrected chi connectivity index (χ1v) is 7.98. The average molecular weight is 279 g/mol. The number of rotatable bonds is 3. The second-order valence-electron chi connectivity index (χ2n) is 6.47. The molecule has 3 nitrogen and oxygen atoms in total. The predicted octanol–water partition coefficient (Wildman–Crippen LogP) is 3.37. The molecule has 1 saturated carbocycles. The van der Waals surface area contributed by atoms with Gasteiger partial charge in [0.1, 0.15) is 5.03 Å². The Morgan fingerprint density at radius 1 is 1.26 bits per heavy atom. The van der Waals surface area contributed by atoms with Crippen LogP contribution in [0, 0.1) is 11.3 Å². The smallest absolute Gasteiger partial charge is 0.115 e. The summed E-state index contributed by atoms with van der Waals surface area (Å²) in [6.45, 7) is 7.09. The molecule has 3 atom stereocenters. The zero-order chi connectivity index (χ0) is 13.9. The second kappa shape index (κ2) is 6.23.